The van der Waals surface area contributed by atoms with Crippen LogP contribution in [-0.4, -0.2) is 30.7 Å². The van der Waals surface area contributed by atoms with Crippen LogP contribution in [0.15, 0.2) is 48.6 Å². The maximum absolute atomic E-state index is 13.2. The van der Waals surface area contributed by atoms with Crippen LogP contribution in [0, 0.1) is 12.7 Å². The maximum atomic E-state index is 13.2. The van der Waals surface area contributed by atoms with Crippen LogP contribution in [-0.2, 0) is 4.74 Å². The van der Waals surface area contributed by atoms with Gasteiger partial charge in [0, 0.05) is 0 Å². The quantitative estimate of drug-likeness (QED) is 0.850. The van der Waals surface area contributed by atoms with Gasteiger partial charge in [-0.15, -0.1) is 0 Å². The average Bonchev–Trinajstić information content (AvgIpc) is 3.12. The fraction of sp³-hybridized carbons (Fsp3) is 0.300. The molecule has 2 aromatic rings. The van der Waals surface area contributed by atoms with E-state index in [1.807, 2.05) is 30.4 Å². The predicted octanol–water partition coefficient (Wildman–Crippen LogP) is 3.30. The Hall–Kier alpha value is -2.57. The van der Waals surface area contributed by atoms with Crippen molar-refractivity contribution in [2.75, 3.05) is 13.4 Å². The molecular weight excluding hydrogens is 339 g/mol. The monoisotopic (exact) mass is 358 g/mol. The highest BCUT2D eigenvalue weighted by molar-refractivity contribution is 5.46. The van der Waals surface area contributed by atoms with Crippen LogP contribution >= 0.6 is 0 Å². The minimum Gasteiger partial charge on any atom is -0.483 e. The summed E-state index contributed by atoms with van der Waals surface area (Å²) in [5.74, 6) is 1.64. The lowest BCUT2D eigenvalue weighted by atomic mass is 10.0. The molecule has 0 aliphatic carbocycles. The van der Waals surface area contributed by atoms with Crippen molar-refractivity contribution < 1.29 is 28.4 Å². The van der Waals surface area contributed by atoms with Gasteiger partial charge < -0.3 is 24.1 Å². The number of ether oxygens (including phenoxy) is 4. The molecular formula is C20H19FO5. The highest BCUT2D eigenvalue weighted by atomic mass is 19.1. The lowest BCUT2D eigenvalue weighted by Gasteiger charge is -2.32. The summed E-state index contributed by atoms with van der Waals surface area (Å²) in [6.45, 7) is 1.79. The second kappa shape index (κ2) is 6.97. The number of rotatable bonds is 4. The first kappa shape index (κ1) is 16.9. The molecule has 2 aliphatic heterocycles. The summed E-state index contributed by atoms with van der Waals surface area (Å²) in [5, 5.41) is 9.73. The summed E-state index contributed by atoms with van der Waals surface area (Å²) >= 11 is 0. The predicted molar refractivity (Wildman–Crippen MR) is 92.0 cm³/mol. The van der Waals surface area contributed by atoms with Crippen molar-refractivity contribution in [3.8, 4) is 17.2 Å². The number of fused-ring (bicyclic) bond motifs is 1. The molecule has 136 valence electrons. The van der Waals surface area contributed by atoms with Gasteiger partial charge in [0.25, 0.3) is 0 Å². The zero-order valence-electron chi connectivity index (χ0n) is 14.2. The molecule has 5 nitrogen and oxygen atoms in total. The fourth-order valence-corrected chi connectivity index (χ4v) is 3.08. The van der Waals surface area contributed by atoms with Crippen molar-refractivity contribution >= 4 is 0 Å². The molecule has 0 amide bonds. The minimum atomic E-state index is -0.542. The lowest BCUT2D eigenvalue weighted by molar-refractivity contribution is -0.0733. The van der Waals surface area contributed by atoms with E-state index in [0.29, 0.717) is 22.8 Å². The third kappa shape index (κ3) is 3.25. The number of aryl methyl sites for hydroxylation is 1. The van der Waals surface area contributed by atoms with Gasteiger partial charge in [-0.05, 0) is 54.5 Å². The Labute approximate surface area is 150 Å². The molecule has 0 saturated carbocycles. The molecule has 26 heavy (non-hydrogen) atoms. The van der Waals surface area contributed by atoms with Gasteiger partial charge in [-0.25, -0.2) is 4.39 Å². The number of aliphatic hydroxyl groups is 1. The first-order valence-electron chi connectivity index (χ1n) is 8.41. The van der Waals surface area contributed by atoms with Gasteiger partial charge >= 0.3 is 0 Å². The lowest BCUT2D eigenvalue weighted by Crippen LogP contribution is -2.39. The van der Waals surface area contributed by atoms with Crippen LogP contribution in [0.3, 0.4) is 0 Å². The Kier molecular flexibility index (Phi) is 4.53. The molecule has 0 radical (unpaired) electrons. The van der Waals surface area contributed by atoms with Crippen molar-refractivity contribution in [3.63, 3.8) is 0 Å². The van der Waals surface area contributed by atoms with Crippen LogP contribution in [0.25, 0.3) is 0 Å². The summed E-state index contributed by atoms with van der Waals surface area (Å²) in [7, 11) is 0. The number of hydrogen-bond acceptors (Lipinski definition) is 5. The highest BCUT2D eigenvalue weighted by Gasteiger charge is 2.30. The molecule has 0 aromatic heterocycles. The smallest absolute Gasteiger partial charge is 0.231 e. The third-order valence-electron chi connectivity index (χ3n) is 4.47. The normalized spacial score (nSPS) is 23.9. The number of halogens is 1. The van der Waals surface area contributed by atoms with E-state index in [0.717, 1.165) is 5.56 Å². The second-order valence-corrected chi connectivity index (χ2v) is 6.27. The standard InChI is InChI=1S/C20H19FO5/c1-12-8-14(21)3-5-15(12)25-18-7-6-16(26-20(18)10-22)13-2-4-17-19(9-13)24-11-23-17/h2-9,16,18,20,22H,10-11H2,1H3/t16-,18-,20+/m0/s1. The molecule has 2 aliphatic rings. The Bertz CT molecular complexity index is 835. The van der Waals surface area contributed by atoms with E-state index >= 15 is 0 Å². The molecule has 0 unspecified atom stereocenters. The summed E-state index contributed by atoms with van der Waals surface area (Å²) < 4.78 is 35.9. The van der Waals surface area contributed by atoms with E-state index in [2.05, 4.69) is 0 Å². The Morgan fingerprint density at radius 3 is 2.77 bits per heavy atom. The molecule has 2 aromatic carbocycles. The third-order valence-corrected chi connectivity index (χ3v) is 4.47. The average molecular weight is 358 g/mol. The SMILES string of the molecule is Cc1cc(F)ccc1O[C@H]1C=C[C@@H](c2ccc3c(c2)OCO3)O[C@@H]1CO. The van der Waals surface area contributed by atoms with Gasteiger partial charge in [0.1, 0.15) is 29.9 Å². The molecule has 0 saturated heterocycles. The van der Waals surface area contributed by atoms with Crippen molar-refractivity contribution in [3.05, 3.63) is 65.5 Å². The summed E-state index contributed by atoms with van der Waals surface area (Å²) in [6.07, 6.45) is 2.42. The van der Waals surface area contributed by atoms with Gasteiger partial charge in [0.05, 0.1) is 6.61 Å². The van der Waals surface area contributed by atoms with Crippen LogP contribution in [0.1, 0.15) is 17.2 Å². The first-order valence-corrected chi connectivity index (χ1v) is 8.41. The minimum absolute atomic E-state index is 0.198. The van der Waals surface area contributed by atoms with Gasteiger partial charge in [0.2, 0.25) is 6.79 Å². The van der Waals surface area contributed by atoms with Crippen molar-refractivity contribution in [2.45, 2.75) is 25.2 Å². The fourth-order valence-electron chi connectivity index (χ4n) is 3.08. The van der Waals surface area contributed by atoms with Gasteiger partial charge in [-0.2, -0.15) is 0 Å². The van der Waals surface area contributed by atoms with Crippen molar-refractivity contribution in [1.29, 1.82) is 0 Å². The van der Waals surface area contributed by atoms with Crippen LogP contribution in [0.2, 0.25) is 0 Å². The Morgan fingerprint density at radius 2 is 1.96 bits per heavy atom. The van der Waals surface area contributed by atoms with Gasteiger partial charge in [0.15, 0.2) is 11.5 Å². The molecule has 0 spiro atoms. The summed E-state index contributed by atoms with van der Waals surface area (Å²) in [6, 6.07) is 9.95. The molecule has 4 rings (SSSR count). The van der Waals surface area contributed by atoms with E-state index < -0.39 is 12.2 Å². The highest BCUT2D eigenvalue weighted by Crippen LogP contribution is 2.37. The first-order chi connectivity index (χ1) is 12.6. The molecule has 3 atom stereocenters. The van der Waals surface area contributed by atoms with Crippen LogP contribution in [0.4, 0.5) is 4.39 Å². The molecule has 0 fully saturated rings. The van der Waals surface area contributed by atoms with Crippen LogP contribution in [0.5, 0.6) is 17.2 Å². The molecule has 6 heteroatoms. The van der Waals surface area contributed by atoms with E-state index in [1.165, 1.54) is 12.1 Å². The number of hydrogen-bond donors (Lipinski definition) is 1. The number of aliphatic hydroxyl groups excluding tert-OH is 1. The van der Waals surface area contributed by atoms with E-state index in [9.17, 15) is 9.50 Å². The van der Waals surface area contributed by atoms with Crippen molar-refractivity contribution in [2.24, 2.45) is 0 Å². The second-order valence-electron chi connectivity index (χ2n) is 6.27. The molecule has 0 bridgehead atoms. The van der Waals surface area contributed by atoms with Gasteiger partial charge in [-0.1, -0.05) is 12.1 Å². The van der Waals surface area contributed by atoms with E-state index in [4.69, 9.17) is 18.9 Å². The summed E-state index contributed by atoms with van der Waals surface area (Å²) in [4.78, 5) is 0. The zero-order valence-corrected chi connectivity index (χ0v) is 14.2. The Morgan fingerprint density at radius 1 is 1.12 bits per heavy atom. The van der Waals surface area contributed by atoms with Crippen LogP contribution < -0.4 is 14.2 Å². The molecule has 2 heterocycles. The van der Waals surface area contributed by atoms with E-state index in [1.54, 1.807) is 13.0 Å². The maximum Gasteiger partial charge on any atom is 0.231 e. The Balaban J connectivity index is 1.53. The van der Waals surface area contributed by atoms with Gasteiger partial charge in [-0.3, -0.25) is 0 Å². The molecule has 1 N–H and O–H groups in total. The number of benzene rings is 2. The topological polar surface area (TPSA) is 57.2 Å². The zero-order chi connectivity index (χ0) is 18.1. The van der Waals surface area contributed by atoms with Crippen molar-refractivity contribution in [1.82, 2.24) is 0 Å². The van der Waals surface area contributed by atoms with E-state index in [-0.39, 0.29) is 25.3 Å². The largest absolute Gasteiger partial charge is 0.483 e. The summed E-state index contributed by atoms with van der Waals surface area (Å²) in [5.41, 5.74) is 1.59.